The Labute approximate surface area is 129 Å². The second-order valence-electron chi connectivity index (χ2n) is 4.31. The Morgan fingerprint density at radius 3 is 3.00 bits per heavy atom. The van der Waals surface area contributed by atoms with E-state index < -0.39 is 0 Å². The standard InChI is InChI=1S/C14H21N3O3S/c1-3-20-13(18)6-5-12-11-21-14(16-12)17(8-4-7-15)9-10-19-2/h11H,3-6,8-10H2,1-2H3. The van der Waals surface area contributed by atoms with Gasteiger partial charge in [0.2, 0.25) is 0 Å². The highest BCUT2D eigenvalue weighted by molar-refractivity contribution is 7.13. The van der Waals surface area contributed by atoms with Crippen molar-refractivity contribution in [1.82, 2.24) is 4.98 Å². The van der Waals surface area contributed by atoms with Crippen molar-refractivity contribution in [1.29, 1.82) is 5.26 Å². The molecular formula is C14H21N3O3S. The Balaban J connectivity index is 2.56. The average Bonchev–Trinajstić information content (AvgIpc) is 2.94. The SMILES string of the molecule is CCOC(=O)CCc1csc(N(CCC#N)CCOC)n1. The molecule has 0 amide bonds. The molecular weight excluding hydrogens is 290 g/mol. The molecule has 7 heteroatoms. The first-order valence-corrected chi connectivity index (χ1v) is 7.80. The summed E-state index contributed by atoms with van der Waals surface area (Å²) in [5.74, 6) is -0.201. The summed E-state index contributed by atoms with van der Waals surface area (Å²) in [6.45, 7) is 4.11. The number of carbonyl (C=O) groups is 1. The van der Waals surface area contributed by atoms with Crippen LogP contribution in [0.25, 0.3) is 0 Å². The Bertz CT molecular complexity index is 470. The van der Waals surface area contributed by atoms with Gasteiger partial charge in [0.05, 0.1) is 37.8 Å². The summed E-state index contributed by atoms with van der Waals surface area (Å²) in [7, 11) is 1.65. The van der Waals surface area contributed by atoms with Crippen molar-refractivity contribution >= 4 is 22.4 Å². The molecule has 0 N–H and O–H groups in total. The molecule has 0 radical (unpaired) electrons. The van der Waals surface area contributed by atoms with Gasteiger partial charge in [-0.05, 0) is 6.92 Å². The zero-order valence-electron chi connectivity index (χ0n) is 12.5. The number of hydrogen-bond acceptors (Lipinski definition) is 7. The topological polar surface area (TPSA) is 75.5 Å². The number of aryl methyl sites for hydroxylation is 1. The molecule has 0 aliphatic rings. The van der Waals surface area contributed by atoms with Crippen LogP contribution in [-0.2, 0) is 20.7 Å². The van der Waals surface area contributed by atoms with Crippen LogP contribution in [-0.4, -0.2) is 44.4 Å². The van der Waals surface area contributed by atoms with Gasteiger partial charge in [0.1, 0.15) is 0 Å². The predicted molar refractivity (Wildman–Crippen MR) is 81.4 cm³/mol. The lowest BCUT2D eigenvalue weighted by Crippen LogP contribution is -2.28. The minimum Gasteiger partial charge on any atom is -0.466 e. The highest BCUT2D eigenvalue weighted by Gasteiger charge is 2.12. The van der Waals surface area contributed by atoms with Crippen LogP contribution in [0.15, 0.2) is 5.38 Å². The van der Waals surface area contributed by atoms with Crippen molar-refractivity contribution in [3.63, 3.8) is 0 Å². The highest BCUT2D eigenvalue weighted by Crippen LogP contribution is 2.21. The Morgan fingerprint density at radius 2 is 2.33 bits per heavy atom. The monoisotopic (exact) mass is 311 g/mol. The fourth-order valence-corrected chi connectivity index (χ4v) is 2.62. The molecule has 116 valence electrons. The van der Waals surface area contributed by atoms with E-state index in [-0.39, 0.29) is 5.97 Å². The number of nitriles is 1. The maximum absolute atomic E-state index is 11.3. The van der Waals surface area contributed by atoms with E-state index in [4.69, 9.17) is 14.7 Å². The first kappa shape index (κ1) is 17.4. The normalized spacial score (nSPS) is 10.1. The van der Waals surface area contributed by atoms with Gasteiger partial charge in [-0.25, -0.2) is 4.98 Å². The van der Waals surface area contributed by atoms with Gasteiger partial charge >= 0.3 is 5.97 Å². The number of carbonyl (C=O) groups excluding carboxylic acids is 1. The number of thiazole rings is 1. The smallest absolute Gasteiger partial charge is 0.306 e. The van der Waals surface area contributed by atoms with Gasteiger partial charge in [-0.1, -0.05) is 0 Å². The third kappa shape index (κ3) is 6.56. The van der Waals surface area contributed by atoms with Crippen LogP contribution in [0.5, 0.6) is 0 Å². The van der Waals surface area contributed by atoms with Gasteiger partial charge in [0, 0.05) is 32.0 Å². The van der Waals surface area contributed by atoms with Crippen LogP contribution in [0.2, 0.25) is 0 Å². The Morgan fingerprint density at radius 1 is 1.52 bits per heavy atom. The summed E-state index contributed by atoms with van der Waals surface area (Å²) in [5, 5.41) is 11.5. The van der Waals surface area contributed by atoms with E-state index in [1.807, 2.05) is 10.3 Å². The number of esters is 1. The maximum Gasteiger partial charge on any atom is 0.306 e. The number of methoxy groups -OCH3 is 1. The number of hydrogen-bond donors (Lipinski definition) is 0. The van der Waals surface area contributed by atoms with Crippen molar-refractivity contribution in [3.8, 4) is 6.07 Å². The fourth-order valence-electron chi connectivity index (χ4n) is 1.71. The largest absolute Gasteiger partial charge is 0.466 e. The molecule has 0 saturated carbocycles. The minimum atomic E-state index is -0.201. The summed E-state index contributed by atoms with van der Waals surface area (Å²) < 4.78 is 9.98. The molecule has 6 nitrogen and oxygen atoms in total. The van der Waals surface area contributed by atoms with E-state index >= 15 is 0 Å². The van der Waals surface area contributed by atoms with Gasteiger partial charge < -0.3 is 14.4 Å². The van der Waals surface area contributed by atoms with Crippen molar-refractivity contribution in [2.24, 2.45) is 0 Å². The molecule has 1 heterocycles. The average molecular weight is 311 g/mol. The van der Waals surface area contributed by atoms with E-state index in [9.17, 15) is 4.79 Å². The first-order chi connectivity index (χ1) is 10.2. The predicted octanol–water partition coefficient (Wildman–Crippen LogP) is 2.01. The molecule has 0 aromatic carbocycles. The van der Waals surface area contributed by atoms with Crippen molar-refractivity contribution < 1.29 is 14.3 Å². The molecule has 0 spiro atoms. The zero-order chi connectivity index (χ0) is 15.5. The van der Waals surface area contributed by atoms with Gasteiger partial charge in [-0.3, -0.25) is 4.79 Å². The summed E-state index contributed by atoms with van der Waals surface area (Å²) in [4.78, 5) is 17.9. The van der Waals surface area contributed by atoms with E-state index in [1.165, 1.54) is 11.3 Å². The molecule has 0 saturated heterocycles. The van der Waals surface area contributed by atoms with E-state index in [0.717, 1.165) is 10.8 Å². The molecule has 0 atom stereocenters. The van der Waals surface area contributed by atoms with Crippen molar-refractivity contribution in [2.45, 2.75) is 26.2 Å². The number of nitrogens with zero attached hydrogens (tertiary/aromatic N) is 3. The van der Waals surface area contributed by atoms with E-state index in [0.29, 0.717) is 45.6 Å². The van der Waals surface area contributed by atoms with Crippen LogP contribution >= 0.6 is 11.3 Å². The molecule has 1 rings (SSSR count). The van der Waals surface area contributed by atoms with Gasteiger partial charge in [0.15, 0.2) is 5.13 Å². The second-order valence-corrected chi connectivity index (χ2v) is 5.15. The van der Waals surface area contributed by atoms with Crippen LogP contribution in [0.1, 0.15) is 25.5 Å². The quantitative estimate of drug-likeness (QED) is 0.615. The molecule has 0 unspecified atom stereocenters. The lowest BCUT2D eigenvalue weighted by atomic mass is 10.2. The van der Waals surface area contributed by atoms with E-state index in [2.05, 4.69) is 11.1 Å². The fraction of sp³-hybridized carbons (Fsp3) is 0.643. The number of aromatic nitrogens is 1. The van der Waals surface area contributed by atoms with Crippen molar-refractivity contribution in [3.05, 3.63) is 11.1 Å². The highest BCUT2D eigenvalue weighted by atomic mass is 32.1. The molecule has 0 bridgehead atoms. The van der Waals surface area contributed by atoms with Crippen molar-refractivity contribution in [2.75, 3.05) is 38.3 Å². The Hall–Kier alpha value is -1.65. The summed E-state index contributed by atoms with van der Waals surface area (Å²) in [6.07, 6.45) is 1.36. The third-order valence-electron chi connectivity index (χ3n) is 2.76. The van der Waals surface area contributed by atoms with Crippen LogP contribution in [0, 0.1) is 11.3 Å². The number of ether oxygens (including phenoxy) is 2. The van der Waals surface area contributed by atoms with Crippen LogP contribution < -0.4 is 4.90 Å². The third-order valence-corrected chi connectivity index (χ3v) is 3.71. The number of rotatable bonds is 10. The molecule has 0 aliphatic carbocycles. The zero-order valence-corrected chi connectivity index (χ0v) is 13.3. The lowest BCUT2D eigenvalue weighted by molar-refractivity contribution is -0.143. The van der Waals surface area contributed by atoms with Crippen LogP contribution in [0.3, 0.4) is 0 Å². The molecule has 1 aromatic rings. The summed E-state index contributed by atoms with van der Waals surface area (Å²) in [6, 6.07) is 2.14. The lowest BCUT2D eigenvalue weighted by Gasteiger charge is -2.19. The van der Waals surface area contributed by atoms with Crippen LogP contribution in [0.4, 0.5) is 5.13 Å². The maximum atomic E-state index is 11.3. The minimum absolute atomic E-state index is 0.201. The van der Waals surface area contributed by atoms with Gasteiger partial charge in [0.25, 0.3) is 0 Å². The van der Waals surface area contributed by atoms with Gasteiger partial charge in [-0.15, -0.1) is 11.3 Å². The summed E-state index contributed by atoms with van der Waals surface area (Å²) in [5.41, 5.74) is 0.877. The van der Waals surface area contributed by atoms with Gasteiger partial charge in [-0.2, -0.15) is 5.26 Å². The molecule has 21 heavy (non-hydrogen) atoms. The number of anilines is 1. The molecule has 0 aliphatic heterocycles. The summed E-state index contributed by atoms with van der Waals surface area (Å²) >= 11 is 1.52. The molecule has 0 fully saturated rings. The van der Waals surface area contributed by atoms with E-state index in [1.54, 1.807) is 14.0 Å². The molecule has 1 aromatic heterocycles. The Kier molecular flexibility index (Phi) is 8.40. The first-order valence-electron chi connectivity index (χ1n) is 6.92. The second kappa shape index (κ2) is 10.1.